The molecule has 0 radical (unpaired) electrons. The zero-order chi connectivity index (χ0) is 12.4. The van der Waals surface area contributed by atoms with Gasteiger partial charge in [-0.05, 0) is 12.1 Å². The van der Waals surface area contributed by atoms with Crippen molar-refractivity contribution in [2.75, 3.05) is 0 Å². The van der Waals surface area contributed by atoms with Gasteiger partial charge in [-0.15, -0.1) is 11.3 Å². The van der Waals surface area contributed by atoms with Crippen LogP contribution >= 0.6 is 22.9 Å². The highest BCUT2D eigenvalue weighted by atomic mass is 35.5. The number of rotatable bonds is 3. The van der Waals surface area contributed by atoms with Gasteiger partial charge >= 0.3 is 5.97 Å². The minimum Gasteiger partial charge on any atom is -0.481 e. The fourth-order valence-electron chi connectivity index (χ4n) is 1.36. The summed E-state index contributed by atoms with van der Waals surface area (Å²) in [4.78, 5) is 15.1. The number of aromatic nitrogens is 1. The molecule has 1 heterocycles. The van der Waals surface area contributed by atoms with Crippen LogP contribution in [0.1, 0.15) is 4.88 Å². The summed E-state index contributed by atoms with van der Waals surface area (Å²) in [7, 11) is 0. The lowest BCUT2D eigenvalue weighted by atomic mass is 10.2. The van der Waals surface area contributed by atoms with Crippen molar-refractivity contribution >= 4 is 28.9 Å². The molecule has 0 aliphatic carbocycles. The van der Waals surface area contributed by atoms with Gasteiger partial charge in [0.25, 0.3) is 0 Å². The first-order valence-corrected chi connectivity index (χ1v) is 5.88. The Morgan fingerprint density at radius 3 is 2.94 bits per heavy atom. The van der Waals surface area contributed by atoms with Gasteiger partial charge in [0, 0.05) is 11.1 Å². The molecule has 1 aromatic carbocycles. The van der Waals surface area contributed by atoms with Crippen molar-refractivity contribution in [3.8, 4) is 10.6 Å². The summed E-state index contributed by atoms with van der Waals surface area (Å²) in [6.45, 7) is 0. The average Bonchev–Trinajstić information content (AvgIpc) is 2.65. The van der Waals surface area contributed by atoms with Gasteiger partial charge in [0.2, 0.25) is 0 Å². The standard InChI is InChI=1S/C11H7ClFNO2S/c12-7-2-1-3-8(13)10(7)11-14-5-6(17-11)4-9(15)16/h1-3,5H,4H2,(H,15,16). The van der Waals surface area contributed by atoms with Gasteiger partial charge in [0.15, 0.2) is 0 Å². The van der Waals surface area contributed by atoms with E-state index in [0.717, 1.165) is 11.3 Å². The van der Waals surface area contributed by atoms with Crippen molar-refractivity contribution < 1.29 is 14.3 Å². The predicted octanol–water partition coefficient (Wildman–Crippen LogP) is 3.23. The molecule has 0 bridgehead atoms. The van der Waals surface area contributed by atoms with Gasteiger partial charge in [-0.25, -0.2) is 9.37 Å². The molecule has 0 saturated heterocycles. The SMILES string of the molecule is O=C(O)Cc1cnc(-c2c(F)cccc2Cl)s1. The third-order valence-electron chi connectivity index (χ3n) is 2.06. The maximum atomic E-state index is 13.6. The first-order valence-electron chi connectivity index (χ1n) is 4.69. The van der Waals surface area contributed by atoms with E-state index in [4.69, 9.17) is 16.7 Å². The van der Waals surface area contributed by atoms with Crippen molar-refractivity contribution in [3.63, 3.8) is 0 Å². The minimum atomic E-state index is -0.945. The molecule has 17 heavy (non-hydrogen) atoms. The quantitative estimate of drug-likeness (QED) is 0.932. The normalized spacial score (nSPS) is 10.5. The fraction of sp³-hybridized carbons (Fsp3) is 0.0909. The smallest absolute Gasteiger partial charge is 0.308 e. The molecule has 6 heteroatoms. The minimum absolute atomic E-state index is 0.121. The highest BCUT2D eigenvalue weighted by molar-refractivity contribution is 7.15. The molecule has 0 aliphatic heterocycles. The summed E-state index contributed by atoms with van der Waals surface area (Å²) in [6.07, 6.45) is 1.31. The van der Waals surface area contributed by atoms with E-state index in [1.165, 1.54) is 18.3 Å². The highest BCUT2D eigenvalue weighted by Gasteiger charge is 2.14. The lowest BCUT2D eigenvalue weighted by molar-refractivity contribution is -0.136. The second-order valence-corrected chi connectivity index (χ2v) is 4.82. The van der Waals surface area contributed by atoms with Crippen molar-refractivity contribution in [1.29, 1.82) is 0 Å². The van der Waals surface area contributed by atoms with Crippen LogP contribution in [0.15, 0.2) is 24.4 Å². The van der Waals surface area contributed by atoms with Gasteiger partial charge < -0.3 is 5.11 Å². The summed E-state index contributed by atoms with van der Waals surface area (Å²) < 4.78 is 13.6. The lowest BCUT2D eigenvalue weighted by Crippen LogP contribution is -1.97. The second-order valence-electron chi connectivity index (χ2n) is 3.30. The number of benzene rings is 1. The Bertz CT molecular complexity index is 550. The molecule has 0 saturated carbocycles. The predicted molar refractivity (Wildman–Crippen MR) is 63.9 cm³/mol. The molecule has 2 aromatic rings. The Morgan fingerprint density at radius 1 is 1.53 bits per heavy atom. The van der Waals surface area contributed by atoms with Crippen LogP contribution in [-0.2, 0) is 11.2 Å². The van der Waals surface area contributed by atoms with Gasteiger partial charge in [0.05, 0.1) is 17.0 Å². The van der Waals surface area contributed by atoms with Crippen LogP contribution in [0.3, 0.4) is 0 Å². The van der Waals surface area contributed by atoms with Crippen LogP contribution in [-0.4, -0.2) is 16.1 Å². The number of carbonyl (C=O) groups is 1. The molecular formula is C11H7ClFNO2S. The first-order chi connectivity index (χ1) is 8.08. The second kappa shape index (κ2) is 4.81. The van der Waals surface area contributed by atoms with E-state index in [2.05, 4.69) is 4.98 Å². The van der Waals surface area contributed by atoms with E-state index in [1.807, 2.05) is 0 Å². The third-order valence-corrected chi connectivity index (χ3v) is 3.39. The Balaban J connectivity index is 2.40. The van der Waals surface area contributed by atoms with Crippen molar-refractivity contribution in [3.05, 3.63) is 40.1 Å². The summed E-state index contributed by atoms with van der Waals surface area (Å²) in [5.41, 5.74) is 0.218. The molecule has 0 unspecified atom stereocenters. The third kappa shape index (κ3) is 2.62. The van der Waals surface area contributed by atoms with E-state index in [-0.39, 0.29) is 17.0 Å². The average molecular weight is 272 g/mol. The molecule has 88 valence electrons. The molecule has 0 aliphatic rings. The zero-order valence-corrected chi connectivity index (χ0v) is 10.1. The van der Waals surface area contributed by atoms with Crippen LogP contribution in [0.25, 0.3) is 10.6 Å². The van der Waals surface area contributed by atoms with E-state index < -0.39 is 11.8 Å². The Kier molecular flexibility index (Phi) is 3.40. The van der Waals surface area contributed by atoms with Crippen molar-refractivity contribution in [2.24, 2.45) is 0 Å². The van der Waals surface area contributed by atoms with E-state index >= 15 is 0 Å². The van der Waals surface area contributed by atoms with E-state index in [0.29, 0.717) is 9.88 Å². The number of aliphatic carboxylic acids is 1. The van der Waals surface area contributed by atoms with Gasteiger partial charge in [-0.2, -0.15) is 0 Å². The summed E-state index contributed by atoms with van der Waals surface area (Å²) in [5, 5.41) is 9.29. The summed E-state index contributed by atoms with van der Waals surface area (Å²) in [5.74, 6) is -1.41. The highest BCUT2D eigenvalue weighted by Crippen LogP contribution is 2.33. The molecule has 0 amide bonds. The van der Waals surface area contributed by atoms with Crippen LogP contribution in [0.4, 0.5) is 4.39 Å². The zero-order valence-electron chi connectivity index (χ0n) is 8.48. The molecule has 3 nitrogen and oxygen atoms in total. The topological polar surface area (TPSA) is 50.2 Å². The number of nitrogens with zero attached hydrogens (tertiary/aromatic N) is 1. The monoisotopic (exact) mass is 271 g/mol. The molecule has 1 aromatic heterocycles. The fourth-order valence-corrected chi connectivity index (χ4v) is 2.63. The maximum Gasteiger partial charge on any atom is 0.308 e. The number of carboxylic acids is 1. The van der Waals surface area contributed by atoms with Crippen LogP contribution in [0.2, 0.25) is 5.02 Å². The Hall–Kier alpha value is -1.46. The van der Waals surface area contributed by atoms with Crippen molar-refractivity contribution in [2.45, 2.75) is 6.42 Å². The Morgan fingerprint density at radius 2 is 2.29 bits per heavy atom. The maximum absolute atomic E-state index is 13.6. The number of hydrogen-bond donors (Lipinski definition) is 1. The lowest BCUT2D eigenvalue weighted by Gasteiger charge is -2.00. The number of halogens is 2. The summed E-state index contributed by atoms with van der Waals surface area (Å²) >= 11 is 7.02. The molecule has 0 spiro atoms. The number of carboxylic acid groups (broad SMARTS) is 1. The molecule has 0 atom stereocenters. The summed E-state index contributed by atoms with van der Waals surface area (Å²) in [6, 6.07) is 4.37. The van der Waals surface area contributed by atoms with Crippen LogP contribution in [0, 0.1) is 5.82 Å². The van der Waals surface area contributed by atoms with Crippen LogP contribution < -0.4 is 0 Å². The van der Waals surface area contributed by atoms with Crippen LogP contribution in [0.5, 0.6) is 0 Å². The molecule has 0 fully saturated rings. The largest absolute Gasteiger partial charge is 0.481 e. The molecule has 1 N–H and O–H groups in total. The van der Waals surface area contributed by atoms with E-state index in [1.54, 1.807) is 6.07 Å². The Labute approximate surface area is 106 Å². The molecule has 2 rings (SSSR count). The number of thiazole rings is 1. The number of hydrogen-bond acceptors (Lipinski definition) is 3. The van der Waals surface area contributed by atoms with Gasteiger partial charge in [0.1, 0.15) is 10.8 Å². The van der Waals surface area contributed by atoms with E-state index in [9.17, 15) is 9.18 Å². The van der Waals surface area contributed by atoms with Gasteiger partial charge in [-0.1, -0.05) is 17.7 Å². The van der Waals surface area contributed by atoms with Crippen molar-refractivity contribution in [1.82, 2.24) is 4.98 Å². The first kappa shape index (κ1) is 12.0. The molecular weight excluding hydrogens is 265 g/mol. The van der Waals surface area contributed by atoms with Gasteiger partial charge in [-0.3, -0.25) is 4.79 Å².